The van der Waals surface area contributed by atoms with E-state index >= 15 is 0 Å². The molecule has 3 nitrogen and oxygen atoms in total. The monoisotopic (exact) mass is 284 g/mol. The van der Waals surface area contributed by atoms with Crippen molar-refractivity contribution in [1.29, 1.82) is 0 Å². The smallest absolute Gasteiger partial charge is 0.241 e. The molecule has 110 valence electrons. The van der Waals surface area contributed by atoms with E-state index in [2.05, 4.69) is 30.3 Å². The first-order valence-electron chi connectivity index (χ1n) is 7.80. The van der Waals surface area contributed by atoms with Gasteiger partial charge in [0.2, 0.25) is 5.91 Å². The van der Waals surface area contributed by atoms with Crippen LogP contribution in [0.3, 0.4) is 0 Å². The standard InChI is InChI=1S/C15H28N2OS/c1-4-12(10-19-3)17-14(11-8-6-7-9-11)16-13(5-2)15(17)18/h11-14,16H,4-10H2,1-3H3. The second kappa shape index (κ2) is 6.98. The van der Waals surface area contributed by atoms with Gasteiger partial charge >= 0.3 is 0 Å². The molecule has 0 aromatic rings. The van der Waals surface area contributed by atoms with Crippen LogP contribution < -0.4 is 5.32 Å². The molecule has 0 bridgehead atoms. The maximum Gasteiger partial charge on any atom is 0.241 e. The normalized spacial score (nSPS) is 30.3. The summed E-state index contributed by atoms with van der Waals surface area (Å²) >= 11 is 1.85. The fraction of sp³-hybridized carbons (Fsp3) is 0.933. The van der Waals surface area contributed by atoms with Gasteiger partial charge in [-0.1, -0.05) is 26.7 Å². The van der Waals surface area contributed by atoms with Gasteiger partial charge in [-0.2, -0.15) is 11.8 Å². The molecule has 0 aromatic heterocycles. The second-order valence-corrected chi connectivity index (χ2v) is 6.79. The fourth-order valence-electron chi connectivity index (χ4n) is 3.60. The maximum atomic E-state index is 12.6. The van der Waals surface area contributed by atoms with Crippen LogP contribution in [-0.4, -0.2) is 41.1 Å². The molecule has 1 amide bonds. The fourth-order valence-corrected chi connectivity index (χ4v) is 4.38. The van der Waals surface area contributed by atoms with E-state index in [4.69, 9.17) is 0 Å². The molecule has 2 aliphatic rings. The number of thioether (sulfide) groups is 1. The quantitative estimate of drug-likeness (QED) is 0.814. The largest absolute Gasteiger partial charge is 0.322 e. The predicted molar refractivity (Wildman–Crippen MR) is 82.3 cm³/mol. The van der Waals surface area contributed by atoms with Crippen molar-refractivity contribution in [2.24, 2.45) is 5.92 Å². The zero-order valence-electron chi connectivity index (χ0n) is 12.5. The van der Waals surface area contributed by atoms with Crippen LogP contribution >= 0.6 is 11.8 Å². The average Bonchev–Trinajstić information content (AvgIpc) is 3.04. The highest BCUT2D eigenvalue weighted by Gasteiger charge is 2.44. The van der Waals surface area contributed by atoms with E-state index in [1.54, 1.807) is 0 Å². The van der Waals surface area contributed by atoms with Gasteiger partial charge in [-0.3, -0.25) is 10.1 Å². The summed E-state index contributed by atoms with van der Waals surface area (Å²) in [4.78, 5) is 14.8. The molecule has 2 fully saturated rings. The molecule has 1 heterocycles. The third-order valence-corrected chi connectivity index (χ3v) is 5.42. The molecular formula is C15H28N2OS. The zero-order valence-corrected chi connectivity index (χ0v) is 13.3. The number of hydrogen-bond donors (Lipinski definition) is 1. The summed E-state index contributed by atoms with van der Waals surface area (Å²) in [7, 11) is 0. The highest BCUT2D eigenvalue weighted by Crippen LogP contribution is 2.34. The minimum atomic E-state index is 0.0570. The maximum absolute atomic E-state index is 12.6. The molecule has 3 atom stereocenters. The van der Waals surface area contributed by atoms with E-state index in [0.29, 0.717) is 24.0 Å². The van der Waals surface area contributed by atoms with Gasteiger partial charge in [-0.25, -0.2) is 0 Å². The van der Waals surface area contributed by atoms with Gasteiger partial charge in [-0.15, -0.1) is 0 Å². The summed E-state index contributed by atoms with van der Waals surface area (Å²) in [5.74, 6) is 2.08. The molecule has 0 aromatic carbocycles. The summed E-state index contributed by atoms with van der Waals surface area (Å²) in [6.07, 6.45) is 9.65. The number of rotatable bonds is 6. The molecular weight excluding hydrogens is 256 g/mol. The molecule has 1 saturated carbocycles. The zero-order chi connectivity index (χ0) is 13.8. The Hall–Kier alpha value is -0.220. The van der Waals surface area contributed by atoms with Crippen molar-refractivity contribution < 1.29 is 4.79 Å². The lowest BCUT2D eigenvalue weighted by molar-refractivity contribution is -0.132. The predicted octanol–water partition coefficient (Wildman–Crippen LogP) is 2.85. The lowest BCUT2D eigenvalue weighted by Crippen LogP contribution is -2.48. The van der Waals surface area contributed by atoms with Gasteiger partial charge in [0, 0.05) is 11.8 Å². The number of carbonyl (C=O) groups is 1. The summed E-state index contributed by atoms with van der Waals surface area (Å²) in [6, 6.07) is 0.457. The topological polar surface area (TPSA) is 32.3 Å². The number of nitrogens with zero attached hydrogens (tertiary/aromatic N) is 1. The molecule has 2 rings (SSSR count). The molecule has 1 aliphatic heterocycles. The van der Waals surface area contributed by atoms with Crippen LogP contribution in [0, 0.1) is 5.92 Å². The van der Waals surface area contributed by atoms with Gasteiger partial charge < -0.3 is 4.90 Å². The number of nitrogens with one attached hydrogen (secondary N) is 1. The van der Waals surface area contributed by atoms with Crippen LogP contribution in [0.2, 0.25) is 0 Å². The minimum Gasteiger partial charge on any atom is -0.322 e. The van der Waals surface area contributed by atoms with Crippen LogP contribution in [0.25, 0.3) is 0 Å². The van der Waals surface area contributed by atoms with Crippen LogP contribution in [-0.2, 0) is 4.79 Å². The van der Waals surface area contributed by atoms with Crippen molar-refractivity contribution in [2.75, 3.05) is 12.0 Å². The van der Waals surface area contributed by atoms with Gasteiger partial charge in [0.25, 0.3) is 0 Å². The number of hydrogen-bond acceptors (Lipinski definition) is 3. The van der Waals surface area contributed by atoms with Gasteiger partial charge in [0.1, 0.15) is 0 Å². The van der Waals surface area contributed by atoms with Crippen molar-refractivity contribution in [3.8, 4) is 0 Å². The Morgan fingerprint density at radius 3 is 2.58 bits per heavy atom. The first-order valence-corrected chi connectivity index (χ1v) is 9.19. The van der Waals surface area contributed by atoms with Crippen molar-refractivity contribution in [3.05, 3.63) is 0 Å². The highest BCUT2D eigenvalue weighted by atomic mass is 32.2. The van der Waals surface area contributed by atoms with Crippen LogP contribution in [0.5, 0.6) is 0 Å². The molecule has 1 saturated heterocycles. The summed E-state index contributed by atoms with van der Waals surface area (Å²) in [5.41, 5.74) is 0. The van der Waals surface area contributed by atoms with Crippen LogP contribution in [0.4, 0.5) is 0 Å². The third kappa shape index (κ3) is 3.10. The number of amides is 1. The first-order chi connectivity index (χ1) is 9.22. The van der Waals surface area contributed by atoms with Gasteiger partial charge in [-0.05, 0) is 37.9 Å². The summed E-state index contributed by atoms with van der Waals surface area (Å²) in [5, 5.41) is 3.62. The van der Waals surface area contributed by atoms with E-state index in [-0.39, 0.29) is 6.04 Å². The Labute approximate surface area is 121 Å². The van der Waals surface area contributed by atoms with Gasteiger partial charge in [0.05, 0.1) is 12.2 Å². The lowest BCUT2D eigenvalue weighted by Gasteiger charge is -2.35. The van der Waals surface area contributed by atoms with E-state index in [1.807, 2.05) is 11.8 Å². The molecule has 0 spiro atoms. The first kappa shape index (κ1) is 15.2. The van der Waals surface area contributed by atoms with E-state index in [0.717, 1.165) is 18.6 Å². The molecule has 19 heavy (non-hydrogen) atoms. The molecule has 1 N–H and O–H groups in total. The Bertz CT molecular complexity index is 305. The van der Waals surface area contributed by atoms with Gasteiger partial charge in [0.15, 0.2) is 0 Å². The molecule has 4 heteroatoms. The Kier molecular flexibility index (Phi) is 5.58. The Morgan fingerprint density at radius 1 is 1.37 bits per heavy atom. The van der Waals surface area contributed by atoms with Crippen molar-refractivity contribution in [2.45, 2.75) is 70.6 Å². The van der Waals surface area contributed by atoms with E-state index in [9.17, 15) is 4.79 Å². The van der Waals surface area contributed by atoms with Crippen molar-refractivity contribution >= 4 is 17.7 Å². The highest BCUT2D eigenvalue weighted by molar-refractivity contribution is 7.98. The third-order valence-electron chi connectivity index (χ3n) is 4.70. The van der Waals surface area contributed by atoms with Crippen molar-refractivity contribution in [1.82, 2.24) is 10.2 Å². The van der Waals surface area contributed by atoms with E-state index in [1.165, 1.54) is 25.7 Å². The minimum absolute atomic E-state index is 0.0570. The number of carbonyl (C=O) groups excluding carboxylic acids is 1. The van der Waals surface area contributed by atoms with Crippen LogP contribution in [0.15, 0.2) is 0 Å². The second-order valence-electron chi connectivity index (χ2n) is 5.88. The average molecular weight is 284 g/mol. The SMILES string of the molecule is CCC1NC(C2CCCC2)N(C(CC)CSC)C1=O. The molecule has 3 unspecified atom stereocenters. The Balaban J connectivity index is 2.15. The lowest BCUT2D eigenvalue weighted by atomic mass is 10.0. The summed E-state index contributed by atoms with van der Waals surface area (Å²) < 4.78 is 0. The molecule has 0 radical (unpaired) electrons. The van der Waals surface area contributed by atoms with E-state index < -0.39 is 0 Å². The molecule has 1 aliphatic carbocycles. The Morgan fingerprint density at radius 2 is 2.05 bits per heavy atom. The van der Waals surface area contributed by atoms with Crippen molar-refractivity contribution in [3.63, 3.8) is 0 Å². The van der Waals surface area contributed by atoms with Crippen LogP contribution in [0.1, 0.15) is 52.4 Å². The summed E-state index contributed by atoms with van der Waals surface area (Å²) in [6.45, 7) is 4.32.